The van der Waals surface area contributed by atoms with Crippen molar-refractivity contribution < 1.29 is 33.4 Å². The van der Waals surface area contributed by atoms with E-state index in [4.69, 9.17) is 14.5 Å². The van der Waals surface area contributed by atoms with Crippen LogP contribution < -0.4 is 10.7 Å². The number of nitrogens with zero attached hydrogens (tertiary/aromatic N) is 6. The fourth-order valence-electron chi connectivity index (χ4n) is 10.6. The Kier molecular flexibility index (Phi) is 19.8. The first kappa shape index (κ1) is 58.9. The third-order valence-electron chi connectivity index (χ3n) is 14.3. The molecular formula is C52H74N8O7S4. The van der Waals surface area contributed by atoms with Gasteiger partial charge in [0.2, 0.25) is 11.8 Å². The number of cyclic esters (lactones) is 1. The number of pyridine rings is 1. The minimum absolute atomic E-state index is 0. The van der Waals surface area contributed by atoms with Crippen LogP contribution in [0.3, 0.4) is 0 Å². The van der Waals surface area contributed by atoms with Gasteiger partial charge in [0.05, 0.1) is 29.6 Å². The quantitative estimate of drug-likeness (QED) is 0.137. The highest BCUT2D eigenvalue weighted by atomic mass is 32.1. The highest BCUT2D eigenvalue weighted by molar-refractivity contribution is 7.59. The number of hydrogen-bond acceptors (Lipinski definition) is 9. The van der Waals surface area contributed by atoms with Gasteiger partial charge in [-0.3, -0.25) is 29.2 Å². The summed E-state index contributed by atoms with van der Waals surface area (Å²) in [5.74, 6) is -1.79. The minimum Gasteiger partial charge on any atom is -0.464 e. The number of likely N-dealkylation sites (tertiary alicyclic amines) is 2. The lowest BCUT2D eigenvalue weighted by atomic mass is 9.77. The predicted molar refractivity (Wildman–Crippen MR) is 298 cm³/mol. The smallest absolute Gasteiger partial charge is 0.324 e. The maximum Gasteiger partial charge on any atom is 0.324 e. The topological polar surface area (TPSA) is 159 Å². The molecule has 2 aromatic carbocycles. The first-order valence-electron chi connectivity index (χ1n) is 23.7. The molecule has 19 heteroatoms. The summed E-state index contributed by atoms with van der Waals surface area (Å²) >= 11 is 0. The van der Waals surface area contributed by atoms with Crippen LogP contribution in [0.1, 0.15) is 83.7 Å². The molecule has 0 saturated carbocycles. The lowest BCUT2D eigenvalue weighted by Crippen LogP contribution is -2.79. The Morgan fingerprint density at radius 3 is 2.38 bits per heavy atom. The van der Waals surface area contributed by atoms with E-state index in [0.717, 1.165) is 56.5 Å². The number of hydrazine groups is 1. The van der Waals surface area contributed by atoms with Gasteiger partial charge >= 0.3 is 12.0 Å². The van der Waals surface area contributed by atoms with Crippen LogP contribution in [0.5, 0.6) is 0 Å². The zero-order chi connectivity index (χ0) is 47.9. The summed E-state index contributed by atoms with van der Waals surface area (Å²) in [4.78, 5) is 79.4. The van der Waals surface area contributed by atoms with Crippen molar-refractivity contribution in [2.75, 3.05) is 46.9 Å². The first-order chi connectivity index (χ1) is 32.0. The van der Waals surface area contributed by atoms with Crippen molar-refractivity contribution in [2.24, 2.45) is 11.3 Å². The van der Waals surface area contributed by atoms with Gasteiger partial charge in [-0.1, -0.05) is 64.6 Å². The number of nitrogens with one attached hydrogen (secondary N) is 2. The zero-order valence-electron chi connectivity index (χ0n) is 42.3. The summed E-state index contributed by atoms with van der Waals surface area (Å²) in [6.45, 7) is 18.2. The van der Waals surface area contributed by atoms with E-state index in [1.807, 2.05) is 39.0 Å². The Labute approximate surface area is 446 Å². The summed E-state index contributed by atoms with van der Waals surface area (Å²) in [6.07, 6.45) is 5.34. The normalized spacial score (nSPS) is 20.0. The average Bonchev–Trinajstić information content (AvgIpc) is 3.60. The third kappa shape index (κ3) is 11.6. The van der Waals surface area contributed by atoms with Gasteiger partial charge in [0.25, 0.3) is 5.91 Å². The number of fused-ring (bicyclic) bond motifs is 6. The second-order valence-electron chi connectivity index (χ2n) is 20.0. The molecule has 4 aliphatic heterocycles. The second kappa shape index (κ2) is 23.9. The number of aromatic nitrogens is 2. The van der Waals surface area contributed by atoms with Crippen LogP contribution in [0, 0.1) is 11.3 Å². The van der Waals surface area contributed by atoms with Crippen molar-refractivity contribution in [3.8, 4) is 22.4 Å². The Balaban J connectivity index is 0.00000274. The molecule has 8 rings (SSSR count). The third-order valence-corrected chi connectivity index (χ3v) is 14.3. The number of esters is 1. The molecule has 2 N–H and O–H groups in total. The van der Waals surface area contributed by atoms with Gasteiger partial charge in [0.15, 0.2) is 0 Å². The number of carbonyl (C=O) groups is 5. The number of amides is 5. The molecule has 2 aromatic heterocycles. The molecule has 4 atom stereocenters. The van der Waals surface area contributed by atoms with Crippen molar-refractivity contribution in [3.63, 3.8) is 0 Å². The van der Waals surface area contributed by atoms with Gasteiger partial charge in [-0.2, -0.15) is 54.0 Å². The fraction of sp³-hybridized carbons (Fsp3) is 0.500. The van der Waals surface area contributed by atoms with Gasteiger partial charge < -0.3 is 34.1 Å². The number of methoxy groups -OCH3 is 1. The maximum absolute atomic E-state index is 14.8. The number of urea groups is 1. The molecule has 1 spiro atoms. The van der Waals surface area contributed by atoms with Crippen LogP contribution in [0.2, 0.25) is 0 Å². The fourth-order valence-corrected chi connectivity index (χ4v) is 10.6. The van der Waals surface area contributed by atoms with Crippen LogP contribution >= 0.6 is 54.0 Å². The summed E-state index contributed by atoms with van der Waals surface area (Å²) in [5.41, 5.74) is 10.0. The molecular weight excluding hydrogens is 977 g/mol. The summed E-state index contributed by atoms with van der Waals surface area (Å²) in [7, 11) is 3.31. The molecule has 0 radical (unpaired) electrons. The van der Waals surface area contributed by atoms with Gasteiger partial charge in [0, 0.05) is 81.4 Å². The molecule has 71 heavy (non-hydrogen) atoms. The van der Waals surface area contributed by atoms with Gasteiger partial charge in [-0.05, 0) is 98.0 Å². The number of aryl methyl sites for hydroxylation is 1. The largest absolute Gasteiger partial charge is 0.464 e. The summed E-state index contributed by atoms with van der Waals surface area (Å²) < 4.78 is 14.3. The van der Waals surface area contributed by atoms with E-state index in [2.05, 4.69) is 79.1 Å². The van der Waals surface area contributed by atoms with E-state index in [9.17, 15) is 24.0 Å². The number of ether oxygens (including phenoxy) is 2. The molecule has 4 aromatic rings. The van der Waals surface area contributed by atoms with Gasteiger partial charge in [-0.15, -0.1) is 0 Å². The SMILES string of the molecule is C=CC(=O)N1CC2(CCN2C(=O)N(C)[C@H](C(=O)N[C@H]2Cc3cccc(c3)-c3ccc4c(c3)c(c(-c3cccnc3[C@H](C)OC)n4CC)CC(C)(C)COC(=O)[C@@H]3CCCN(N3)C2=O)C(C)C)C1.S.S.S.S. The van der Waals surface area contributed by atoms with Crippen molar-refractivity contribution in [2.45, 2.75) is 110 Å². The van der Waals surface area contributed by atoms with Gasteiger partial charge in [-0.25, -0.2) is 10.2 Å². The molecule has 4 aliphatic rings. The van der Waals surface area contributed by atoms with Crippen molar-refractivity contribution >= 4 is 94.6 Å². The maximum atomic E-state index is 14.8. The number of benzene rings is 2. The molecule has 388 valence electrons. The summed E-state index contributed by atoms with van der Waals surface area (Å²) in [5, 5.41) is 5.60. The number of hydrogen-bond donors (Lipinski definition) is 2. The Hall–Kier alpha value is -4.66. The van der Waals surface area contributed by atoms with Crippen LogP contribution in [-0.2, 0) is 48.0 Å². The molecule has 6 bridgehead atoms. The van der Waals surface area contributed by atoms with Crippen LogP contribution in [0.4, 0.5) is 4.79 Å². The molecule has 0 unspecified atom stereocenters. The Bertz CT molecular complexity index is 2600. The van der Waals surface area contributed by atoms with E-state index < -0.39 is 46.9 Å². The highest BCUT2D eigenvalue weighted by Crippen LogP contribution is 2.43. The van der Waals surface area contributed by atoms with E-state index in [1.165, 1.54) is 16.0 Å². The lowest BCUT2D eigenvalue weighted by Gasteiger charge is -2.62. The van der Waals surface area contributed by atoms with E-state index in [0.29, 0.717) is 52.0 Å². The van der Waals surface area contributed by atoms with Gasteiger partial charge in [0.1, 0.15) is 18.1 Å². The highest BCUT2D eigenvalue weighted by Gasteiger charge is 2.57. The lowest BCUT2D eigenvalue weighted by molar-refractivity contribution is -0.155. The Morgan fingerprint density at radius 2 is 1.73 bits per heavy atom. The second-order valence-corrected chi connectivity index (χ2v) is 20.0. The van der Waals surface area contributed by atoms with E-state index in [1.54, 1.807) is 30.2 Å². The molecule has 3 saturated heterocycles. The molecule has 15 nitrogen and oxygen atoms in total. The predicted octanol–water partition coefficient (Wildman–Crippen LogP) is 6.75. The van der Waals surface area contributed by atoms with Crippen LogP contribution in [0.25, 0.3) is 33.3 Å². The van der Waals surface area contributed by atoms with E-state index >= 15 is 0 Å². The van der Waals surface area contributed by atoms with Crippen molar-refractivity contribution in [1.29, 1.82) is 0 Å². The standard InChI is InChI=1S/C52H66N8O7.4H2S/c1-10-43(61)57-29-52(30-57)21-24-59(52)50(65)56(8)45(32(3)4)47(62)54-41-26-34-15-12-16-35(25-34)36-19-20-42-38(27-36)39(46(58(42)11-2)37-17-13-22-53-44(37)33(5)66-9)28-51(6,7)31-67-49(64)40-18-14-23-60(55-40)48(41)63;;;;/h10,12-13,15-17,19-20,22,25,27,32-33,40-41,45,55H,1,11,14,18,21,23-24,26,28-31H2,2-9H3,(H,54,62);4*1H2/t33-,40-,41-,45-;;;;/m0..../s1. The number of rotatable bonds is 9. The monoisotopic (exact) mass is 1050 g/mol. The Morgan fingerprint density at radius 1 is 1.01 bits per heavy atom. The molecule has 0 aliphatic carbocycles. The van der Waals surface area contributed by atoms with Crippen LogP contribution in [-0.4, -0.2) is 130 Å². The van der Waals surface area contributed by atoms with E-state index in [-0.39, 0.29) is 91.0 Å². The number of likely N-dealkylation sites (N-methyl/N-ethyl adjacent to an activating group) is 1. The minimum atomic E-state index is -1.05. The molecule has 3 fully saturated rings. The zero-order valence-corrected chi connectivity index (χ0v) is 46.3. The number of carbonyl (C=O) groups excluding carboxylic acids is 5. The average molecular weight is 1050 g/mol. The van der Waals surface area contributed by atoms with Crippen molar-refractivity contribution in [3.05, 3.63) is 90.3 Å². The summed E-state index contributed by atoms with van der Waals surface area (Å²) in [6, 6.07) is 15.6. The first-order valence-corrected chi connectivity index (χ1v) is 23.7. The molecule has 5 amide bonds. The van der Waals surface area contributed by atoms with Crippen molar-refractivity contribution in [1.82, 2.24) is 40.0 Å². The van der Waals surface area contributed by atoms with Crippen LogP contribution in [0.15, 0.2) is 73.4 Å². The molecule has 6 heterocycles.